The number of hydrogen-bond donors (Lipinski definition) is 2. The molecule has 0 aliphatic carbocycles. The first-order valence-corrected chi connectivity index (χ1v) is 6.88. The Morgan fingerprint density at radius 2 is 1.82 bits per heavy atom. The third-order valence-corrected chi connectivity index (χ3v) is 3.95. The molecule has 1 atom stereocenters. The SMILES string of the molecule is CC(C)(O)CN1CCC(N2CCC(N)CC2)C1. The van der Waals surface area contributed by atoms with Crippen LogP contribution in [0.25, 0.3) is 0 Å². The van der Waals surface area contributed by atoms with Crippen molar-refractivity contribution < 1.29 is 5.11 Å². The van der Waals surface area contributed by atoms with Gasteiger partial charge < -0.3 is 10.8 Å². The normalized spacial score (nSPS) is 30.0. The van der Waals surface area contributed by atoms with Crippen LogP contribution in [0.5, 0.6) is 0 Å². The molecule has 2 rings (SSSR count). The van der Waals surface area contributed by atoms with E-state index in [0.717, 1.165) is 45.6 Å². The average Bonchev–Trinajstić information content (AvgIpc) is 2.64. The van der Waals surface area contributed by atoms with Crippen molar-refractivity contribution in [1.29, 1.82) is 0 Å². The summed E-state index contributed by atoms with van der Waals surface area (Å²) >= 11 is 0. The summed E-state index contributed by atoms with van der Waals surface area (Å²) in [6, 6.07) is 1.10. The molecule has 0 bridgehead atoms. The van der Waals surface area contributed by atoms with Crippen molar-refractivity contribution in [2.75, 3.05) is 32.7 Å². The lowest BCUT2D eigenvalue weighted by Gasteiger charge is -2.35. The highest BCUT2D eigenvalue weighted by molar-refractivity contribution is 4.88. The highest BCUT2D eigenvalue weighted by Crippen LogP contribution is 2.21. The molecule has 2 aliphatic rings. The van der Waals surface area contributed by atoms with E-state index >= 15 is 0 Å². The van der Waals surface area contributed by atoms with E-state index in [1.807, 2.05) is 13.8 Å². The molecule has 0 spiro atoms. The van der Waals surface area contributed by atoms with E-state index in [-0.39, 0.29) is 0 Å². The van der Waals surface area contributed by atoms with E-state index in [1.165, 1.54) is 6.42 Å². The molecule has 0 radical (unpaired) electrons. The standard InChI is InChI=1S/C13H27N3O/c1-13(2,17)10-15-6-5-12(9-15)16-7-3-11(14)4-8-16/h11-12,17H,3-10,14H2,1-2H3. The van der Waals surface area contributed by atoms with Gasteiger partial charge in [0.2, 0.25) is 0 Å². The first-order chi connectivity index (χ1) is 7.94. The summed E-state index contributed by atoms with van der Waals surface area (Å²) in [6.07, 6.45) is 3.52. The minimum Gasteiger partial charge on any atom is -0.389 e. The third-order valence-electron chi connectivity index (χ3n) is 3.95. The summed E-state index contributed by atoms with van der Waals surface area (Å²) in [5, 5.41) is 9.84. The van der Waals surface area contributed by atoms with Gasteiger partial charge in [0.1, 0.15) is 0 Å². The predicted molar refractivity (Wildman–Crippen MR) is 69.9 cm³/mol. The van der Waals surface area contributed by atoms with Crippen molar-refractivity contribution in [2.24, 2.45) is 5.73 Å². The maximum Gasteiger partial charge on any atom is 0.0718 e. The first-order valence-electron chi connectivity index (χ1n) is 6.88. The lowest BCUT2D eigenvalue weighted by molar-refractivity contribution is 0.0405. The third kappa shape index (κ3) is 3.91. The molecule has 0 aromatic rings. The lowest BCUT2D eigenvalue weighted by atomic mass is 10.0. The Hall–Kier alpha value is -0.160. The van der Waals surface area contributed by atoms with Gasteiger partial charge in [-0.3, -0.25) is 9.80 Å². The number of aliphatic hydroxyl groups is 1. The molecule has 2 heterocycles. The summed E-state index contributed by atoms with van der Waals surface area (Å²) in [5.41, 5.74) is 5.37. The van der Waals surface area contributed by atoms with Crippen molar-refractivity contribution in [3.8, 4) is 0 Å². The summed E-state index contributed by atoms with van der Waals surface area (Å²) in [5.74, 6) is 0. The molecular weight excluding hydrogens is 214 g/mol. The minimum absolute atomic E-state index is 0.417. The van der Waals surface area contributed by atoms with E-state index in [9.17, 15) is 5.11 Å². The molecule has 4 heteroatoms. The second-order valence-corrected chi connectivity index (χ2v) is 6.36. The second kappa shape index (κ2) is 5.22. The van der Waals surface area contributed by atoms with Gasteiger partial charge in [-0.2, -0.15) is 0 Å². The van der Waals surface area contributed by atoms with Crippen LogP contribution < -0.4 is 5.73 Å². The zero-order valence-corrected chi connectivity index (χ0v) is 11.2. The molecule has 2 saturated heterocycles. The van der Waals surface area contributed by atoms with E-state index in [0.29, 0.717) is 12.1 Å². The van der Waals surface area contributed by atoms with Crippen molar-refractivity contribution in [2.45, 2.75) is 50.8 Å². The van der Waals surface area contributed by atoms with Gasteiger partial charge in [-0.1, -0.05) is 0 Å². The Bertz CT molecular complexity index is 244. The Kier molecular flexibility index (Phi) is 4.08. The zero-order valence-electron chi connectivity index (χ0n) is 11.2. The van der Waals surface area contributed by atoms with Crippen LogP contribution in [0.4, 0.5) is 0 Å². The van der Waals surface area contributed by atoms with Crippen LogP contribution in [-0.4, -0.2) is 65.3 Å². The Labute approximate surface area is 105 Å². The number of hydrogen-bond acceptors (Lipinski definition) is 4. The molecule has 0 aromatic heterocycles. The van der Waals surface area contributed by atoms with Crippen molar-refractivity contribution in [3.05, 3.63) is 0 Å². The fraction of sp³-hybridized carbons (Fsp3) is 1.00. The fourth-order valence-corrected chi connectivity index (χ4v) is 3.09. The molecular formula is C13H27N3O. The van der Waals surface area contributed by atoms with Gasteiger partial charge in [-0.15, -0.1) is 0 Å². The lowest BCUT2D eigenvalue weighted by Crippen LogP contribution is -2.46. The van der Waals surface area contributed by atoms with Crippen LogP contribution in [0.2, 0.25) is 0 Å². The van der Waals surface area contributed by atoms with Gasteiger partial charge in [0, 0.05) is 25.2 Å². The van der Waals surface area contributed by atoms with E-state index in [1.54, 1.807) is 0 Å². The number of likely N-dealkylation sites (tertiary alicyclic amines) is 2. The van der Waals surface area contributed by atoms with Crippen LogP contribution in [0.3, 0.4) is 0 Å². The summed E-state index contributed by atoms with van der Waals surface area (Å²) in [7, 11) is 0. The second-order valence-electron chi connectivity index (χ2n) is 6.36. The zero-order chi connectivity index (χ0) is 12.5. The number of rotatable bonds is 3. The molecule has 4 nitrogen and oxygen atoms in total. The minimum atomic E-state index is -0.570. The van der Waals surface area contributed by atoms with Gasteiger partial charge in [0.25, 0.3) is 0 Å². The Morgan fingerprint density at radius 1 is 1.18 bits per heavy atom. The molecule has 0 saturated carbocycles. The van der Waals surface area contributed by atoms with E-state index < -0.39 is 5.60 Å². The van der Waals surface area contributed by atoms with E-state index in [4.69, 9.17) is 5.73 Å². The number of nitrogens with zero attached hydrogens (tertiary/aromatic N) is 2. The van der Waals surface area contributed by atoms with Crippen LogP contribution in [0.15, 0.2) is 0 Å². The van der Waals surface area contributed by atoms with Crippen LogP contribution in [0.1, 0.15) is 33.1 Å². The number of β-amino-alcohol motifs (C(OH)–C–C–N with tert-alkyl or cyclic N) is 1. The topological polar surface area (TPSA) is 52.7 Å². The van der Waals surface area contributed by atoms with Crippen molar-refractivity contribution >= 4 is 0 Å². The van der Waals surface area contributed by atoms with Gasteiger partial charge in [0.15, 0.2) is 0 Å². The van der Waals surface area contributed by atoms with Gasteiger partial charge in [-0.25, -0.2) is 0 Å². The van der Waals surface area contributed by atoms with Crippen LogP contribution >= 0.6 is 0 Å². The molecule has 2 fully saturated rings. The van der Waals surface area contributed by atoms with Crippen molar-refractivity contribution in [3.63, 3.8) is 0 Å². The number of nitrogens with two attached hydrogens (primary N) is 1. The fourth-order valence-electron chi connectivity index (χ4n) is 3.09. The van der Waals surface area contributed by atoms with Gasteiger partial charge >= 0.3 is 0 Å². The smallest absolute Gasteiger partial charge is 0.0718 e. The maximum atomic E-state index is 9.84. The highest BCUT2D eigenvalue weighted by atomic mass is 16.3. The summed E-state index contributed by atoms with van der Waals surface area (Å²) in [6.45, 7) is 9.11. The molecule has 3 N–H and O–H groups in total. The molecule has 100 valence electrons. The van der Waals surface area contributed by atoms with Crippen molar-refractivity contribution in [1.82, 2.24) is 9.80 Å². The molecule has 0 amide bonds. The van der Waals surface area contributed by atoms with Crippen LogP contribution in [0, 0.1) is 0 Å². The Balaban J connectivity index is 1.78. The Morgan fingerprint density at radius 3 is 2.41 bits per heavy atom. The largest absolute Gasteiger partial charge is 0.389 e. The van der Waals surface area contributed by atoms with Gasteiger partial charge in [-0.05, 0) is 52.7 Å². The maximum absolute atomic E-state index is 9.84. The number of piperidine rings is 1. The molecule has 0 aromatic carbocycles. The van der Waals surface area contributed by atoms with Gasteiger partial charge in [0.05, 0.1) is 5.60 Å². The quantitative estimate of drug-likeness (QED) is 0.744. The average molecular weight is 241 g/mol. The molecule has 17 heavy (non-hydrogen) atoms. The van der Waals surface area contributed by atoms with Crippen LogP contribution in [-0.2, 0) is 0 Å². The summed E-state index contributed by atoms with van der Waals surface area (Å²) in [4.78, 5) is 4.98. The molecule has 2 aliphatic heterocycles. The summed E-state index contributed by atoms with van der Waals surface area (Å²) < 4.78 is 0. The molecule has 1 unspecified atom stereocenters. The predicted octanol–water partition coefficient (Wildman–Crippen LogP) is 0.255. The monoisotopic (exact) mass is 241 g/mol. The first kappa shape index (κ1) is 13.3. The highest BCUT2D eigenvalue weighted by Gasteiger charge is 2.31. The van der Waals surface area contributed by atoms with E-state index in [2.05, 4.69) is 9.80 Å².